The van der Waals surface area contributed by atoms with Gasteiger partial charge in [-0.1, -0.05) is 36.4 Å². The Morgan fingerprint density at radius 2 is 1.33 bits per heavy atom. The third-order valence-corrected chi connectivity index (χ3v) is 2.19. The Morgan fingerprint density at radius 3 is 1.73 bits per heavy atom. The molecule has 0 saturated heterocycles. The molecule has 2 heteroatoms. The topological polar surface area (TPSA) is 40.5 Å². The molecule has 0 unspecified atom stereocenters. The third-order valence-electron chi connectivity index (χ3n) is 2.19. The van der Waals surface area contributed by atoms with Gasteiger partial charge < -0.3 is 10.2 Å². The van der Waals surface area contributed by atoms with Gasteiger partial charge in [-0.15, -0.1) is 0 Å². The zero-order valence-electron chi connectivity index (χ0n) is 10.1. The second kappa shape index (κ2) is 4.05. The second-order valence-electron chi connectivity index (χ2n) is 3.24. The van der Waals surface area contributed by atoms with Crippen molar-refractivity contribution in [2.45, 2.75) is 6.42 Å². The number of rotatable bonds is 2. The summed E-state index contributed by atoms with van der Waals surface area (Å²) in [5.41, 5.74) is 0.838. The van der Waals surface area contributed by atoms with Crippen molar-refractivity contribution < 1.29 is 13.0 Å². The monoisotopic (exact) mass is 202 g/mol. The van der Waals surface area contributed by atoms with Crippen LogP contribution in [0.5, 0.6) is 11.5 Å². The fourth-order valence-corrected chi connectivity index (χ4v) is 1.38. The smallest absolute Gasteiger partial charge is 0.119 e. The minimum Gasteiger partial charge on any atom is -0.508 e. The number of aromatic hydroxyl groups is 2. The molecule has 15 heavy (non-hydrogen) atoms. The van der Waals surface area contributed by atoms with E-state index < -0.39 is 0 Å². The molecule has 0 aliphatic rings. The highest BCUT2D eigenvalue weighted by Gasteiger charge is 2.04. The van der Waals surface area contributed by atoms with Crippen LogP contribution in [0.3, 0.4) is 0 Å². The summed E-state index contributed by atoms with van der Waals surface area (Å²) < 4.78 is 15.4. The summed E-state index contributed by atoms with van der Waals surface area (Å²) in [5, 5.41) is 19.3. The van der Waals surface area contributed by atoms with Crippen molar-refractivity contribution >= 4 is 0 Å². The Bertz CT molecular complexity index is 463. The summed E-state index contributed by atoms with van der Waals surface area (Å²) in [4.78, 5) is 0. The number of hydrogen-bond donors (Lipinski definition) is 2. The molecule has 0 aliphatic carbocycles. The van der Waals surface area contributed by atoms with Crippen molar-refractivity contribution in [3.05, 3.63) is 59.6 Å². The van der Waals surface area contributed by atoms with Crippen molar-refractivity contribution in [1.82, 2.24) is 0 Å². The Balaban J connectivity index is 2.45. The van der Waals surface area contributed by atoms with Gasteiger partial charge in [0.15, 0.2) is 0 Å². The molecule has 0 aromatic heterocycles. The molecule has 2 aromatic rings. The van der Waals surface area contributed by atoms with Gasteiger partial charge in [0, 0.05) is 6.42 Å². The summed E-state index contributed by atoms with van der Waals surface area (Å²) in [6.45, 7) is 0. The van der Waals surface area contributed by atoms with Crippen molar-refractivity contribution in [1.29, 1.82) is 0 Å². The molecule has 2 nitrogen and oxygen atoms in total. The second-order valence-corrected chi connectivity index (χ2v) is 3.24. The van der Waals surface area contributed by atoms with Crippen LogP contribution in [0, 0.1) is 0 Å². The molecule has 0 bridgehead atoms. The first-order chi connectivity index (χ1) is 8.09. The molecular weight excluding hydrogens is 188 g/mol. The van der Waals surface area contributed by atoms with Gasteiger partial charge in [0.1, 0.15) is 11.5 Å². The van der Waals surface area contributed by atoms with Gasteiger partial charge in [-0.2, -0.15) is 0 Å². The van der Waals surface area contributed by atoms with Crippen LogP contribution in [0.15, 0.2) is 48.5 Å². The number of para-hydroxylation sites is 2. The normalized spacial score (nSPS) is 12.0. The van der Waals surface area contributed by atoms with Gasteiger partial charge in [-0.3, -0.25) is 0 Å². The number of phenols is 2. The van der Waals surface area contributed by atoms with Crippen LogP contribution in [0.4, 0.5) is 0 Å². The lowest BCUT2D eigenvalue weighted by Gasteiger charge is -2.05. The minimum atomic E-state index is 0.0140. The molecule has 0 aliphatic heterocycles. The Labute approximate surface area is 91.3 Å². The highest BCUT2D eigenvalue weighted by atomic mass is 16.3. The summed E-state index contributed by atoms with van der Waals surface area (Å²) >= 11 is 0. The zero-order chi connectivity index (χ0) is 12.4. The fourth-order valence-electron chi connectivity index (χ4n) is 1.38. The first-order valence-electron chi connectivity index (χ1n) is 5.64. The van der Waals surface area contributed by atoms with Crippen LogP contribution < -0.4 is 0 Å². The van der Waals surface area contributed by atoms with Crippen LogP contribution in [-0.2, 0) is 6.42 Å². The summed E-state index contributed by atoms with van der Waals surface area (Å²) in [7, 11) is 0. The first kappa shape index (κ1) is 7.35. The average molecular weight is 202 g/mol. The molecule has 2 N–H and O–H groups in total. The van der Waals surface area contributed by atoms with E-state index in [2.05, 4.69) is 0 Å². The van der Waals surface area contributed by atoms with Crippen LogP contribution in [-0.4, -0.2) is 10.2 Å². The van der Waals surface area contributed by atoms with E-state index in [0.717, 1.165) is 0 Å². The van der Waals surface area contributed by atoms with E-state index in [9.17, 15) is 10.2 Å². The molecule has 0 saturated carbocycles. The van der Waals surface area contributed by atoms with Crippen LogP contribution in [0.1, 0.15) is 13.9 Å². The highest BCUT2D eigenvalue weighted by molar-refractivity contribution is 5.41. The molecule has 0 atom stereocenters. The van der Waals surface area contributed by atoms with Crippen LogP contribution >= 0.6 is 0 Å². The largest absolute Gasteiger partial charge is 0.508 e. The van der Waals surface area contributed by atoms with Gasteiger partial charge >= 0.3 is 0 Å². The summed E-state index contributed by atoms with van der Waals surface area (Å²) in [5.74, 6) is 0.0281. The zero-order valence-corrected chi connectivity index (χ0v) is 8.07. The molecule has 2 aromatic carbocycles. The van der Waals surface area contributed by atoms with Crippen molar-refractivity contribution in [2.75, 3.05) is 0 Å². The number of benzene rings is 2. The van der Waals surface area contributed by atoms with E-state index in [1.54, 1.807) is 24.3 Å². The lowest BCUT2D eigenvalue weighted by molar-refractivity contribution is 0.463. The molecule has 0 fully saturated rings. The fraction of sp³-hybridized carbons (Fsp3) is 0.0769. The third kappa shape index (κ3) is 2.10. The lowest BCUT2D eigenvalue weighted by Crippen LogP contribution is -1.88. The van der Waals surface area contributed by atoms with E-state index in [1.165, 1.54) is 12.1 Å². The predicted molar refractivity (Wildman–Crippen MR) is 59.0 cm³/mol. The van der Waals surface area contributed by atoms with E-state index in [0.29, 0.717) is 11.1 Å². The molecule has 0 spiro atoms. The van der Waals surface area contributed by atoms with E-state index in [1.807, 2.05) is 0 Å². The van der Waals surface area contributed by atoms with Gasteiger partial charge in [-0.05, 0) is 23.3 Å². The molecular formula is C13H12O2. The first-order valence-corrected chi connectivity index (χ1v) is 4.64. The van der Waals surface area contributed by atoms with Gasteiger partial charge in [-0.25, -0.2) is 0 Å². The van der Waals surface area contributed by atoms with Gasteiger partial charge in [0.05, 0.1) is 2.74 Å². The quantitative estimate of drug-likeness (QED) is 0.786. The van der Waals surface area contributed by atoms with Gasteiger partial charge in [0.25, 0.3) is 0 Å². The average Bonchev–Trinajstić information content (AvgIpc) is 2.27. The minimum absolute atomic E-state index is 0.0140. The highest BCUT2D eigenvalue weighted by Crippen LogP contribution is 2.24. The maximum Gasteiger partial charge on any atom is 0.119 e. The van der Waals surface area contributed by atoms with E-state index in [-0.39, 0.29) is 30.0 Å². The number of hydrogen-bond acceptors (Lipinski definition) is 2. The molecule has 2 rings (SSSR count). The molecule has 0 heterocycles. The number of phenolic OH excluding ortho intramolecular Hbond substituents is 2. The molecule has 0 amide bonds. The molecule has 0 radical (unpaired) electrons. The SMILES string of the molecule is [2H]c1cccc(O)c1Cc1c([2H])cccc1O. The lowest BCUT2D eigenvalue weighted by atomic mass is 10.0. The maximum atomic E-state index is 9.67. The Hall–Kier alpha value is -1.96. The Kier molecular flexibility index (Phi) is 1.98. The van der Waals surface area contributed by atoms with E-state index >= 15 is 0 Å². The standard InChI is InChI=1S/C13H12O2/c14-12-7-3-1-5-10(12)9-11-6-2-4-8-13(11)15/h1-8,14-15H,9H2/i5D,6D. The Morgan fingerprint density at radius 1 is 0.867 bits per heavy atom. The van der Waals surface area contributed by atoms with Crippen molar-refractivity contribution in [3.8, 4) is 11.5 Å². The molecule has 76 valence electrons. The summed E-state index contributed by atoms with van der Waals surface area (Å²) in [6, 6.07) is 9.72. The van der Waals surface area contributed by atoms with Crippen LogP contribution in [0.2, 0.25) is 0 Å². The van der Waals surface area contributed by atoms with Crippen LogP contribution in [0.25, 0.3) is 0 Å². The predicted octanol–water partition coefficient (Wildman–Crippen LogP) is 2.69. The van der Waals surface area contributed by atoms with E-state index in [4.69, 9.17) is 2.74 Å². The maximum absolute atomic E-state index is 9.67. The van der Waals surface area contributed by atoms with Crippen molar-refractivity contribution in [2.24, 2.45) is 0 Å². The van der Waals surface area contributed by atoms with Crippen molar-refractivity contribution in [3.63, 3.8) is 0 Å². The summed E-state index contributed by atoms with van der Waals surface area (Å²) in [6.07, 6.45) is 0.178. The van der Waals surface area contributed by atoms with Gasteiger partial charge in [0.2, 0.25) is 0 Å².